The summed E-state index contributed by atoms with van der Waals surface area (Å²) in [6, 6.07) is 1.56. The zero-order valence-corrected chi connectivity index (χ0v) is 9.93. The zero-order chi connectivity index (χ0) is 12.4. The molecule has 6 nitrogen and oxygen atoms in total. The second kappa shape index (κ2) is 4.65. The van der Waals surface area contributed by atoms with Gasteiger partial charge in [0.05, 0.1) is 7.11 Å². The number of amides is 1. The van der Waals surface area contributed by atoms with E-state index in [0.29, 0.717) is 12.3 Å². The number of ether oxygens (including phenoxy) is 1. The van der Waals surface area contributed by atoms with E-state index in [9.17, 15) is 9.59 Å². The maximum Gasteiger partial charge on any atom is 0.409 e. The second-order valence-electron chi connectivity index (χ2n) is 4.35. The number of nitrogens with zero attached hydrogens (tertiary/aromatic N) is 1. The molecule has 0 spiro atoms. The van der Waals surface area contributed by atoms with Crippen molar-refractivity contribution in [3.63, 3.8) is 0 Å². The number of likely N-dealkylation sites (tertiary alicyclic amines) is 1. The molecule has 1 aromatic rings. The van der Waals surface area contributed by atoms with Crippen molar-refractivity contribution in [3.8, 4) is 0 Å². The molecule has 94 valence electrons. The van der Waals surface area contributed by atoms with Crippen LogP contribution in [0, 0.1) is 0 Å². The van der Waals surface area contributed by atoms with E-state index in [1.54, 1.807) is 4.90 Å². The standard InChI is InChI=1S/C11H16N2O4/c1-7-5-8(9-6-10(14)12-17-9)3-4-13(7)11(15)16-2/h6-8H,3-5H2,1-2H3,(H,12,14)/t7-,8+/m1/s1. The van der Waals surface area contributed by atoms with Gasteiger partial charge < -0.3 is 14.2 Å². The summed E-state index contributed by atoms with van der Waals surface area (Å²) in [5.74, 6) is 0.858. The predicted molar refractivity (Wildman–Crippen MR) is 59.9 cm³/mol. The molecule has 1 aliphatic heterocycles. The highest BCUT2D eigenvalue weighted by Crippen LogP contribution is 2.30. The summed E-state index contributed by atoms with van der Waals surface area (Å²) in [5, 5.41) is 2.29. The number of carbonyl (C=O) groups is 1. The number of hydrogen-bond acceptors (Lipinski definition) is 4. The first-order valence-corrected chi connectivity index (χ1v) is 5.65. The van der Waals surface area contributed by atoms with E-state index in [2.05, 4.69) is 5.16 Å². The largest absolute Gasteiger partial charge is 0.453 e. The topological polar surface area (TPSA) is 75.5 Å². The third kappa shape index (κ3) is 2.35. The molecule has 0 saturated carbocycles. The molecule has 0 aromatic carbocycles. The summed E-state index contributed by atoms with van der Waals surface area (Å²) in [6.45, 7) is 2.58. The molecule has 17 heavy (non-hydrogen) atoms. The molecule has 1 aromatic heterocycles. The highest BCUT2D eigenvalue weighted by Gasteiger charge is 2.31. The van der Waals surface area contributed by atoms with Crippen molar-refractivity contribution in [2.45, 2.75) is 31.7 Å². The number of rotatable bonds is 1. The Morgan fingerprint density at radius 3 is 2.94 bits per heavy atom. The fraction of sp³-hybridized carbons (Fsp3) is 0.636. The molecule has 0 bridgehead atoms. The van der Waals surface area contributed by atoms with Gasteiger partial charge in [-0.1, -0.05) is 0 Å². The fourth-order valence-corrected chi connectivity index (χ4v) is 2.32. The van der Waals surface area contributed by atoms with Crippen molar-refractivity contribution in [1.29, 1.82) is 0 Å². The Kier molecular flexibility index (Phi) is 3.21. The Morgan fingerprint density at radius 2 is 2.41 bits per heavy atom. The van der Waals surface area contributed by atoms with Crippen molar-refractivity contribution < 1.29 is 14.1 Å². The molecular weight excluding hydrogens is 224 g/mol. The van der Waals surface area contributed by atoms with E-state index in [-0.39, 0.29) is 23.6 Å². The molecular formula is C11H16N2O4. The molecule has 0 radical (unpaired) electrons. The summed E-state index contributed by atoms with van der Waals surface area (Å²) < 4.78 is 9.81. The van der Waals surface area contributed by atoms with E-state index in [1.165, 1.54) is 13.2 Å². The maximum atomic E-state index is 11.4. The average Bonchev–Trinajstić information content (AvgIpc) is 2.75. The van der Waals surface area contributed by atoms with Crippen LogP contribution in [0.3, 0.4) is 0 Å². The Morgan fingerprint density at radius 1 is 1.65 bits per heavy atom. The van der Waals surface area contributed by atoms with Crippen LogP contribution in [0.4, 0.5) is 4.79 Å². The number of aromatic amines is 1. The summed E-state index contributed by atoms with van der Waals surface area (Å²) >= 11 is 0. The van der Waals surface area contributed by atoms with Gasteiger partial charge in [-0.3, -0.25) is 4.79 Å². The first-order valence-electron chi connectivity index (χ1n) is 5.65. The van der Waals surface area contributed by atoms with E-state index in [4.69, 9.17) is 9.26 Å². The normalized spacial score (nSPS) is 24.7. The molecule has 2 heterocycles. The molecule has 1 saturated heterocycles. The number of piperidine rings is 1. The van der Waals surface area contributed by atoms with Gasteiger partial charge in [0, 0.05) is 24.6 Å². The minimum absolute atomic E-state index is 0.0846. The summed E-state index contributed by atoms with van der Waals surface area (Å²) in [6.07, 6.45) is 1.25. The maximum absolute atomic E-state index is 11.4. The number of methoxy groups -OCH3 is 1. The average molecular weight is 240 g/mol. The lowest BCUT2D eigenvalue weighted by Crippen LogP contribution is -2.44. The Labute approximate surface area is 98.5 Å². The van der Waals surface area contributed by atoms with Crippen LogP contribution < -0.4 is 5.56 Å². The Bertz CT molecular complexity index is 450. The van der Waals surface area contributed by atoms with Crippen LogP contribution in [0.2, 0.25) is 0 Å². The molecule has 1 N–H and O–H groups in total. The third-order valence-corrected chi connectivity index (χ3v) is 3.23. The minimum atomic E-state index is -0.300. The lowest BCUT2D eigenvalue weighted by Gasteiger charge is -2.35. The number of H-pyrrole nitrogens is 1. The quantitative estimate of drug-likeness (QED) is 0.802. The van der Waals surface area contributed by atoms with Gasteiger partial charge in [-0.15, -0.1) is 0 Å². The van der Waals surface area contributed by atoms with Gasteiger partial charge in [0.2, 0.25) is 0 Å². The van der Waals surface area contributed by atoms with Crippen LogP contribution in [0.5, 0.6) is 0 Å². The summed E-state index contributed by atoms with van der Waals surface area (Å²) in [5.41, 5.74) is -0.219. The molecule has 0 unspecified atom stereocenters. The number of aromatic nitrogens is 1. The van der Waals surface area contributed by atoms with E-state index < -0.39 is 0 Å². The van der Waals surface area contributed by atoms with Crippen LogP contribution >= 0.6 is 0 Å². The molecule has 0 aliphatic carbocycles. The van der Waals surface area contributed by atoms with Crippen LogP contribution in [0.15, 0.2) is 15.4 Å². The molecule has 2 atom stereocenters. The highest BCUT2D eigenvalue weighted by molar-refractivity contribution is 5.67. The number of carbonyl (C=O) groups excluding carboxylic acids is 1. The number of nitrogens with one attached hydrogen (secondary N) is 1. The first-order chi connectivity index (χ1) is 8.11. The van der Waals surface area contributed by atoms with Gasteiger partial charge in [0.25, 0.3) is 5.56 Å². The van der Waals surface area contributed by atoms with Crippen LogP contribution in [-0.4, -0.2) is 35.8 Å². The highest BCUT2D eigenvalue weighted by atomic mass is 16.5. The molecule has 1 amide bonds. The minimum Gasteiger partial charge on any atom is -0.453 e. The van der Waals surface area contributed by atoms with Gasteiger partial charge >= 0.3 is 6.09 Å². The number of hydrogen-bond donors (Lipinski definition) is 1. The van der Waals surface area contributed by atoms with E-state index >= 15 is 0 Å². The van der Waals surface area contributed by atoms with Crippen molar-refractivity contribution in [3.05, 3.63) is 22.2 Å². The Balaban J connectivity index is 2.04. The molecule has 6 heteroatoms. The van der Waals surface area contributed by atoms with Gasteiger partial charge in [0.15, 0.2) is 0 Å². The molecule has 1 aliphatic rings. The van der Waals surface area contributed by atoms with Gasteiger partial charge in [-0.25, -0.2) is 4.79 Å². The zero-order valence-electron chi connectivity index (χ0n) is 9.93. The van der Waals surface area contributed by atoms with Crippen LogP contribution in [-0.2, 0) is 4.74 Å². The Hall–Kier alpha value is -1.72. The fourth-order valence-electron chi connectivity index (χ4n) is 2.32. The first kappa shape index (κ1) is 11.8. The van der Waals surface area contributed by atoms with Crippen molar-refractivity contribution in [2.75, 3.05) is 13.7 Å². The predicted octanol–water partition coefficient (Wildman–Crippen LogP) is 1.30. The van der Waals surface area contributed by atoms with Crippen molar-refractivity contribution in [1.82, 2.24) is 10.1 Å². The van der Waals surface area contributed by atoms with E-state index in [0.717, 1.165) is 12.8 Å². The van der Waals surface area contributed by atoms with Crippen molar-refractivity contribution >= 4 is 6.09 Å². The third-order valence-electron chi connectivity index (χ3n) is 3.23. The summed E-state index contributed by atoms with van der Waals surface area (Å²) in [7, 11) is 1.38. The molecule has 2 rings (SSSR count). The van der Waals surface area contributed by atoms with Crippen LogP contribution in [0.25, 0.3) is 0 Å². The van der Waals surface area contributed by atoms with Crippen LogP contribution in [0.1, 0.15) is 31.4 Å². The molecule has 1 fully saturated rings. The smallest absolute Gasteiger partial charge is 0.409 e. The lowest BCUT2D eigenvalue weighted by molar-refractivity contribution is 0.0870. The van der Waals surface area contributed by atoms with E-state index in [1.807, 2.05) is 6.92 Å². The van der Waals surface area contributed by atoms with Gasteiger partial charge in [0.1, 0.15) is 5.76 Å². The van der Waals surface area contributed by atoms with Gasteiger partial charge in [-0.2, -0.15) is 5.16 Å². The van der Waals surface area contributed by atoms with Gasteiger partial charge in [-0.05, 0) is 19.8 Å². The van der Waals surface area contributed by atoms with Crippen molar-refractivity contribution in [2.24, 2.45) is 0 Å². The SMILES string of the molecule is COC(=O)N1CC[C@H](c2cc(=O)[nH]o2)C[C@H]1C. The lowest BCUT2D eigenvalue weighted by atomic mass is 9.90. The monoisotopic (exact) mass is 240 g/mol. The summed E-state index contributed by atoms with van der Waals surface area (Å²) in [4.78, 5) is 24.1. The second-order valence-corrected chi connectivity index (χ2v) is 4.35.